The van der Waals surface area contributed by atoms with Crippen LogP contribution in [0.3, 0.4) is 0 Å². The van der Waals surface area contributed by atoms with Gasteiger partial charge in [0.2, 0.25) is 5.88 Å². The Kier molecular flexibility index (Phi) is 3.96. The minimum absolute atomic E-state index is 0.253. The molecule has 0 saturated carbocycles. The van der Waals surface area contributed by atoms with Crippen LogP contribution in [0.2, 0.25) is 0 Å². The lowest BCUT2D eigenvalue weighted by Crippen LogP contribution is -2.13. The van der Waals surface area contributed by atoms with Crippen LogP contribution in [0.25, 0.3) is 0 Å². The molecule has 5 heteroatoms. The number of hydrogen-bond donors (Lipinski definition) is 2. The van der Waals surface area contributed by atoms with Crippen LogP contribution >= 0.6 is 0 Å². The third-order valence-electron chi connectivity index (χ3n) is 2.34. The van der Waals surface area contributed by atoms with Gasteiger partial charge in [0, 0.05) is 11.6 Å². The highest BCUT2D eigenvalue weighted by Gasteiger charge is 2.12. The molecule has 96 valence electrons. The molecule has 0 radical (unpaired) electrons. The molecule has 0 spiro atoms. The molecule has 0 atom stereocenters. The molecular weight excluding hydrogens is 244 g/mol. The lowest BCUT2D eigenvalue weighted by molar-refractivity contribution is 0.102. The van der Waals surface area contributed by atoms with Gasteiger partial charge in [-0.15, -0.1) is 0 Å². The monoisotopic (exact) mass is 256 g/mol. The zero-order valence-electron chi connectivity index (χ0n) is 10.3. The molecule has 0 unspecified atom stereocenters. The molecule has 2 aromatic rings. The highest BCUT2D eigenvalue weighted by atomic mass is 16.5. The average molecular weight is 256 g/mol. The van der Waals surface area contributed by atoms with Crippen molar-refractivity contribution in [1.82, 2.24) is 5.16 Å². The maximum atomic E-state index is 12.1. The summed E-state index contributed by atoms with van der Waals surface area (Å²) >= 11 is 0. The van der Waals surface area contributed by atoms with E-state index in [1.165, 1.54) is 0 Å². The molecule has 2 N–H and O–H groups in total. The van der Waals surface area contributed by atoms with Crippen molar-refractivity contribution in [2.45, 2.75) is 6.92 Å². The SMILES string of the molecule is Cc1cc(NC(=O)c2ccccc2C#CCO)on1. The Hall–Kier alpha value is -2.58. The first-order valence-corrected chi connectivity index (χ1v) is 5.64. The Balaban J connectivity index is 2.23. The maximum Gasteiger partial charge on any atom is 0.259 e. The Morgan fingerprint density at radius 2 is 2.26 bits per heavy atom. The molecule has 5 nitrogen and oxygen atoms in total. The van der Waals surface area contributed by atoms with Crippen molar-refractivity contribution >= 4 is 11.8 Å². The van der Waals surface area contributed by atoms with Crippen LogP contribution in [-0.2, 0) is 0 Å². The molecule has 1 aromatic heterocycles. The van der Waals surface area contributed by atoms with Gasteiger partial charge in [0.15, 0.2) is 0 Å². The van der Waals surface area contributed by atoms with Crippen molar-refractivity contribution < 1.29 is 14.4 Å². The summed E-state index contributed by atoms with van der Waals surface area (Å²) in [5.74, 6) is 5.20. The number of aromatic nitrogens is 1. The van der Waals surface area contributed by atoms with Crippen molar-refractivity contribution in [2.75, 3.05) is 11.9 Å². The van der Waals surface area contributed by atoms with Crippen LogP contribution < -0.4 is 5.32 Å². The molecule has 1 amide bonds. The standard InChI is InChI=1S/C14H12N2O3/c1-10-9-13(19-16-10)15-14(18)12-7-3-2-5-11(12)6-4-8-17/h2-3,5,7,9,17H,8H2,1H3,(H,15,18). The van der Waals surface area contributed by atoms with E-state index < -0.39 is 0 Å². The van der Waals surface area contributed by atoms with Crippen molar-refractivity contribution in [3.05, 3.63) is 47.2 Å². The minimum Gasteiger partial charge on any atom is -0.384 e. The molecule has 1 aromatic carbocycles. The van der Waals surface area contributed by atoms with E-state index in [1.807, 2.05) is 0 Å². The predicted octanol–water partition coefficient (Wildman–Crippen LogP) is 1.58. The van der Waals surface area contributed by atoms with Crippen LogP contribution in [0, 0.1) is 18.8 Å². The van der Waals surface area contributed by atoms with E-state index in [9.17, 15) is 4.79 Å². The van der Waals surface area contributed by atoms with Gasteiger partial charge in [-0.3, -0.25) is 10.1 Å². The number of nitrogens with one attached hydrogen (secondary N) is 1. The number of carbonyl (C=O) groups excluding carboxylic acids is 1. The summed E-state index contributed by atoms with van der Waals surface area (Å²) in [5, 5.41) is 15.0. The van der Waals surface area contributed by atoms with Gasteiger partial charge in [0.05, 0.1) is 11.3 Å². The normalized spacial score (nSPS) is 9.58. The summed E-state index contributed by atoms with van der Waals surface area (Å²) in [4.78, 5) is 12.1. The van der Waals surface area contributed by atoms with Crippen LogP contribution in [-0.4, -0.2) is 22.8 Å². The van der Waals surface area contributed by atoms with Crippen LogP contribution in [0.1, 0.15) is 21.6 Å². The number of hydrogen-bond acceptors (Lipinski definition) is 4. The van der Waals surface area contributed by atoms with E-state index in [0.717, 1.165) is 0 Å². The second-order valence-corrected chi connectivity index (χ2v) is 3.79. The lowest BCUT2D eigenvalue weighted by Gasteiger charge is -2.03. The highest BCUT2D eigenvalue weighted by Crippen LogP contribution is 2.13. The summed E-state index contributed by atoms with van der Waals surface area (Å²) in [7, 11) is 0. The van der Waals surface area contributed by atoms with Crippen LogP contribution in [0.15, 0.2) is 34.9 Å². The fourth-order valence-corrected chi connectivity index (χ4v) is 1.53. The average Bonchev–Trinajstić information content (AvgIpc) is 2.82. The summed E-state index contributed by atoms with van der Waals surface area (Å²) < 4.78 is 4.92. The minimum atomic E-state index is -0.334. The molecule has 0 bridgehead atoms. The fraction of sp³-hybridized carbons (Fsp3) is 0.143. The summed E-state index contributed by atoms with van der Waals surface area (Å²) in [5.41, 5.74) is 1.64. The number of benzene rings is 1. The molecule has 0 saturated heterocycles. The molecular formula is C14H12N2O3. The topological polar surface area (TPSA) is 75.4 Å². The first-order valence-electron chi connectivity index (χ1n) is 5.64. The zero-order valence-corrected chi connectivity index (χ0v) is 10.3. The number of amides is 1. The quantitative estimate of drug-likeness (QED) is 0.800. The van der Waals surface area contributed by atoms with Gasteiger partial charge in [-0.2, -0.15) is 0 Å². The molecule has 19 heavy (non-hydrogen) atoms. The van der Waals surface area contributed by atoms with Crippen molar-refractivity contribution in [3.63, 3.8) is 0 Å². The second kappa shape index (κ2) is 5.85. The summed E-state index contributed by atoms with van der Waals surface area (Å²) in [6.45, 7) is 1.51. The van der Waals surface area contributed by atoms with E-state index >= 15 is 0 Å². The molecule has 2 rings (SSSR count). The van der Waals surface area contributed by atoms with E-state index in [1.54, 1.807) is 37.3 Å². The predicted molar refractivity (Wildman–Crippen MR) is 69.6 cm³/mol. The molecule has 0 aliphatic carbocycles. The zero-order chi connectivity index (χ0) is 13.7. The third kappa shape index (κ3) is 3.21. The number of aliphatic hydroxyl groups is 1. The molecule has 0 fully saturated rings. The van der Waals surface area contributed by atoms with Crippen LogP contribution in [0.5, 0.6) is 0 Å². The van der Waals surface area contributed by atoms with Gasteiger partial charge in [0.25, 0.3) is 5.91 Å². The smallest absolute Gasteiger partial charge is 0.259 e. The Morgan fingerprint density at radius 3 is 2.95 bits per heavy atom. The van der Waals surface area contributed by atoms with Crippen LogP contribution in [0.4, 0.5) is 5.88 Å². The fourth-order valence-electron chi connectivity index (χ4n) is 1.53. The van der Waals surface area contributed by atoms with Crippen molar-refractivity contribution in [2.24, 2.45) is 0 Å². The maximum absolute atomic E-state index is 12.1. The van der Waals surface area contributed by atoms with E-state index in [2.05, 4.69) is 22.3 Å². The first kappa shape index (κ1) is 12.9. The highest BCUT2D eigenvalue weighted by molar-refractivity contribution is 6.05. The number of aryl methyl sites for hydroxylation is 1. The Labute approximate surface area is 110 Å². The number of aliphatic hydroxyl groups excluding tert-OH is 1. The number of carbonyl (C=O) groups is 1. The molecule has 0 aliphatic rings. The number of anilines is 1. The van der Waals surface area contributed by atoms with E-state index in [-0.39, 0.29) is 18.4 Å². The number of rotatable bonds is 2. The van der Waals surface area contributed by atoms with Crippen molar-refractivity contribution in [3.8, 4) is 11.8 Å². The molecule has 0 aliphatic heterocycles. The van der Waals surface area contributed by atoms with Gasteiger partial charge in [-0.1, -0.05) is 29.1 Å². The van der Waals surface area contributed by atoms with Crippen molar-refractivity contribution in [1.29, 1.82) is 0 Å². The van der Waals surface area contributed by atoms with E-state index in [4.69, 9.17) is 9.63 Å². The van der Waals surface area contributed by atoms with Gasteiger partial charge in [-0.25, -0.2) is 0 Å². The summed E-state index contributed by atoms with van der Waals surface area (Å²) in [6.07, 6.45) is 0. The second-order valence-electron chi connectivity index (χ2n) is 3.79. The van der Waals surface area contributed by atoms with E-state index in [0.29, 0.717) is 16.8 Å². The molecule has 1 heterocycles. The van der Waals surface area contributed by atoms with Gasteiger partial charge in [0.1, 0.15) is 6.61 Å². The summed E-state index contributed by atoms with van der Waals surface area (Å²) in [6, 6.07) is 8.50. The Bertz CT molecular complexity index is 650. The largest absolute Gasteiger partial charge is 0.384 e. The third-order valence-corrected chi connectivity index (χ3v) is 2.34. The first-order chi connectivity index (χ1) is 9.20. The Morgan fingerprint density at radius 1 is 1.47 bits per heavy atom. The van der Waals surface area contributed by atoms with Gasteiger partial charge < -0.3 is 9.63 Å². The van der Waals surface area contributed by atoms with Gasteiger partial charge >= 0.3 is 0 Å². The van der Waals surface area contributed by atoms with Gasteiger partial charge in [-0.05, 0) is 19.1 Å². The lowest BCUT2D eigenvalue weighted by atomic mass is 10.1. The number of nitrogens with zero attached hydrogens (tertiary/aromatic N) is 1.